The molecule has 0 fully saturated rings. The van der Waals surface area contributed by atoms with Crippen LogP contribution in [0.15, 0.2) is 41.1 Å². The fraction of sp³-hybridized carbons (Fsp3) is 0.607. The van der Waals surface area contributed by atoms with Gasteiger partial charge in [-0.1, -0.05) is 83.5 Å². The predicted octanol–water partition coefficient (Wildman–Crippen LogP) is 5.68. The Morgan fingerprint density at radius 1 is 0.789 bits per heavy atom. The zero-order chi connectivity index (χ0) is 28.7. The van der Waals surface area contributed by atoms with Gasteiger partial charge in [0.1, 0.15) is 25.3 Å². The summed E-state index contributed by atoms with van der Waals surface area (Å²) >= 11 is 11.4. The Balaban J connectivity index is 2.91. The molecule has 38 heavy (non-hydrogen) atoms. The molecule has 0 aliphatic heterocycles. The van der Waals surface area contributed by atoms with Gasteiger partial charge in [0.2, 0.25) is 11.8 Å². The number of carbonyl (C=O) groups is 3. The van der Waals surface area contributed by atoms with Crippen molar-refractivity contribution < 1.29 is 23.9 Å². The maximum atomic E-state index is 13.3. The lowest BCUT2D eigenvalue weighted by atomic mass is 9.99. The summed E-state index contributed by atoms with van der Waals surface area (Å²) in [6, 6.07) is 7.28. The van der Waals surface area contributed by atoms with Crippen molar-refractivity contribution in [2.75, 3.05) is 6.61 Å². The van der Waals surface area contributed by atoms with Crippen LogP contribution in [0.2, 0.25) is 0 Å². The van der Waals surface area contributed by atoms with Gasteiger partial charge in [0.15, 0.2) is 5.22 Å². The Bertz CT molecular complexity index is 894. The lowest BCUT2D eigenvalue weighted by molar-refractivity contribution is -0.131. The first kappa shape index (κ1) is 33.6. The monoisotopic (exact) mass is 571 g/mol. The van der Waals surface area contributed by atoms with Gasteiger partial charge in [0.25, 0.3) is 0 Å². The molecule has 214 valence electrons. The fourth-order valence-electron chi connectivity index (χ4n) is 3.84. The van der Waals surface area contributed by atoms with E-state index in [-0.39, 0.29) is 48.1 Å². The number of hydrogen-bond acceptors (Lipinski definition) is 5. The van der Waals surface area contributed by atoms with Crippen LogP contribution in [0.1, 0.15) is 66.4 Å². The first-order valence-electron chi connectivity index (χ1n) is 13.1. The van der Waals surface area contributed by atoms with Gasteiger partial charge < -0.3 is 25.4 Å². The summed E-state index contributed by atoms with van der Waals surface area (Å²) in [5.41, 5.74) is 1.95. The molecule has 3 amide bonds. The molecule has 1 aromatic rings. The Labute approximate surface area is 237 Å². The van der Waals surface area contributed by atoms with Crippen molar-refractivity contribution in [1.29, 1.82) is 0 Å². The van der Waals surface area contributed by atoms with Gasteiger partial charge in [-0.25, -0.2) is 4.79 Å². The van der Waals surface area contributed by atoms with E-state index >= 15 is 0 Å². The maximum Gasteiger partial charge on any atom is 0.408 e. The van der Waals surface area contributed by atoms with Crippen molar-refractivity contribution in [3.63, 3.8) is 0 Å². The number of ether oxygens (including phenoxy) is 2. The van der Waals surface area contributed by atoms with E-state index in [2.05, 4.69) is 16.0 Å². The lowest BCUT2D eigenvalue weighted by Gasteiger charge is -2.27. The van der Waals surface area contributed by atoms with Gasteiger partial charge in [-0.05, 0) is 54.2 Å². The van der Waals surface area contributed by atoms with Crippen LogP contribution in [0, 0.1) is 17.8 Å². The number of halogens is 2. The van der Waals surface area contributed by atoms with Crippen LogP contribution < -0.4 is 16.0 Å². The van der Waals surface area contributed by atoms with Crippen molar-refractivity contribution in [2.24, 2.45) is 17.8 Å². The molecule has 0 aromatic heterocycles. The molecule has 10 heteroatoms. The Hall–Kier alpha value is -2.45. The summed E-state index contributed by atoms with van der Waals surface area (Å²) in [6.45, 7) is 12.1. The number of benzene rings is 1. The normalized spacial score (nSPS) is 14.1. The average Bonchev–Trinajstić information content (AvgIpc) is 2.84. The molecule has 1 aromatic carbocycles. The van der Waals surface area contributed by atoms with Gasteiger partial charge in [-0.2, -0.15) is 0 Å². The van der Waals surface area contributed by atoms with Crippen LogP contribution >= 0.6 is 23.2 Å². The third-order valence-electron chi connectivity index (χ3n) is 5.48. The van der Waals surface area contributed by atoms with E-state index in [9.17, 15) is 14.4 Å². The molecule has 0 spiro atoms. The highest BCUT2D eigenvalue weighted by Gasteiger charge is 2.29. The topological polar surface area (TPSA) is 106 Å². The molecule has 0 aliphatic rings. The summed E-state index contributed by atoms with van der Waals surface area (Å²) in [4.78, 5) is 39.0. The average molecular weight is 573 g/mol. The predicted molar refractivity (Wildman–Crippen MR) is 152 cm³/mol. The zero-order valence-electron chi connectivity index (χ0n) is 23.3. The molecule has 0 saturated heterocycles. The maximum absolute atomic E-state index is 13.3. The van der Waals surface area contributed by atoms with Crippen molar-refractivity contribution in [1.82, 2.24) is 16.0 Å². The van der Waals surface area contributed by atoms with Gasteiger partial charge in [0.05, 0.1) is 11.6 Å². The second-order valence-electron chi connectivity index (χ2n) is 10.6. The second kappa shape index (κ2) is 17.9. The van der Waals surface area contributed by atoms with E-state index in [1.54, 1.807) is 0 Å². The first-order chi connectivity index (χ1) is 17.9. The number of hydrogen-bond donors (Lipinski definition) is 3. The van der Waals surface area contributed by atoms with Crippen LogP contribution in [0.4, 0.5) is 4.79 Å². The molecule has 0 saturated carbocycles. The molecule has 0 radical (unpaired) electrons. The zero-order valence-corrected chi connectivity index (χ0v) is 24.8. The quantitative estimate of drug-likeness (QED) is 0.221. The first-order valence-corrected chi connectivity index (χ1v) is 13.9. The Morgan fingerprint density at radius 2 is 1.32 bits per heavy atom. The summed E-state index contributed by atoms with van der Waals surface area (Å²) < 4.78 is 10.7. The van der Waals surface area contributed by atoms with Crippen molar-refractivity contribution in [2.45, 2.75) is 85.5 Å². The molecule has 1 rings (SSSR count). The number of nitrogens with one attached hydrogen (secondary N) is 3. The van der Waals surface area contributed by atoms with Gasteiger partial charge in [-0.15, -0.1) is 0 Å². The minimum atomic E-state index is -0.858. The summed E-state index contributed by atoms with van der Waals surface area (Å²) in [7, 11) is 0. The number of amides is 3. The molecule has 0 bridgehead atoms. The van der Waals surface area contributed by atoms with E-state index in [1.165, 1.54) is 0 Å². The Morgan fingerprint density at radius 3 is 1.84 bits per heavy atom. The summed E-state index contributed by atoms with van der Waals surface area (Å²) in [5.74, 6) is -0.248. The van der Waals surface area contributed by atoms with E-state index < -0.39 is 24.1 Å². The number of rotatable bonds is 16. The van der Waals surface area contributed by atoms with E-state index in [0.29, 0.717) is 19.3 Å². The SMILES string of the molecule is CC(C)C[C@@H](CO/C(Cl)=C\Cl)NC(=O)[C@H](CC(C)C)NC(=O)[C@H](CC(C)C)NC(=O)OCc1ccccc1. The van der Waals surface area contributed by atoms with Crippen LogP contribution in [-0.4, -0.2) is 42.6 Å². The molecule has 0 unspecified atom stereocenters. The van der Waals surface area contributed by atoms with Crippen LogP contribution in [0.5, 0.6) is 0 Å². The molecule has 3 N–H and O–H groups in total. The third kappa shape index (κ3) is 14.5. The third-order valence-corrected chi connectivity index (χ3v) is 6.01. The molecule has 3 atom stereocenters. The van der Waals surface area contributed by atoms with E-state index in [0.717, 1.165) is 11.1 Å². The van der Waals surface area contributed by atoms with Gasteiger partial charge >= 0.3 is 6.09 Å². The smallest absolute Gasteiger partial charge is 0.408 e. The van der Waals surface area contributed by atoms with Crippen molar-refractivity contribution >= 4 is 41.1 Å². The summed E-state index contributed by atoms with van der Waals surface area (Å²) in [5, 5.41) is 8.52. The number of carbonyl (C=O) groups excluding carboxylic acids is 3. The van der Waals surface area contributed by atoms with E-state index in [1.807, 2.05) is 71.9 Å². The van der Waals surface area contributed by atoms with Crippen molar-refractivity contribution in [3.05, 3.63) is 46.6 Å². The molecule has 8 nitrogen and oxygen atoms in total. The minimum absolute atomic E-state index is 0.0310. The molecular weight excluding hydrogens is 529 g/mol. The van der Waals surface area contributed by atoms with Gasteiger partial charge in [0, 0.05) is 0 Å². The van der Waals surface area contributed by atoms with Crippen LogP contribution in [0.3, 0.4) is 0 Å². The molecular formula is C28H43Cl2N3O5. The second-order valence-corrected chi connectivity index (χ2v) is 11.2. The fourth-order valence-corrected chi connectivity index (χ4v) is 3.96. The highest BCUT2D eigenvalue weighted by molar-refractivity contribution is 6.35. The molecule has 0 aliphatic carbocycles. The van der Waals surface area contributed by atoms with Crippen LogP contribution in [-0.2, 0) is 25.7 Å². The van der Waals surface area contributed by atoms with Crippen LogP contribution in [0.25, 0.3) is 0 Å². The lowest BCUT2D eigenvalue weighted by Crippen LogP contribution is -2.56. The van der Waals surface area contributed by atoms with Crippen molar-refractivity contribution in [3.8, 4) is 0 Å². The Kier molecular flexibility index (Phi) is 15.9. The minimum Gasteiger partial charge on any atom is -0.480 e. The number of alkyl carbamates (subject to hydrolysis) is 1. The largest absolute Gasteiger partial charge is 0.480 e. The van der Waals surface area contributed by atoms with Gasteiger partial charge in [-0.3, -0.25) is 9.59 Å². The van der Waals surface area contributed by atoms with E-state index in [4.69, 9.17) is 32.7 Å². The highest BCUT2D eigenvalue weighted by atomic mass is 35.5. The standard InChI is InChI=1S/C28H43Cl2N3O5/c1-18(2)12-22(17-37-25(30)15-29)31-26(34)23(13-19(3)4)32-27(35)24(14-20(5)6)33-28(36)38-16-21-10-8-7-9-11-21/h7-11,15,18-20,22-24H,12-14,16-17H2,1-6H3,(H,31,34)(H,32,35)(H,33,36)/b25-15-/t22-,23-,24-/m0/s1. The molecule has 0 heterocycles. The summed E-state index contributed by atoms with van der Waals surface area (Å²) in [6.07, 6.45) is 0.751. The highest BCUT2D eigenvalue weighted by Crippen LogP contribution is 2.13.